The second kappa shape index (κ2) is 6.96. The lowest BCUT2D eigenvalue weighted by atomic mass is 10.3. The summed E-state index contributed by atoms with van der Waals surface area (Å²) >= 11 is 1.10. The monoisotopic (exact) mass is 362 g/mol. The molecule has 1 aromatic carbocycles. The number of hydrogen-bond acceptors (Lipinski definition) is 13. The van der Waals surface area contributed by atoms with Crippen LogP contribution in [0.15, 0.2) is 36.4 Å². The van der Waals surface area contributed by atoms with Gasteiger partial charge in [0.25, 0.3) is 5.19 Å². The van der Waals surface area contributed by atoms with Gasteiger partial charge < -0.3 is 9.26 Å². The van der Waals surface area contributed by atoms with E-state index in [-0.39, 0.29) is 16.7 Å². The van der Waals surface area contributed by atoms with Crippen molar-refractivity contribution in [3.05, 3.63) is 49.1 Å². The average molecular weight is 362 g/mol. The maximum Gasteiger partial charge on any atom is 0.341 e. The lowest BCUT2D eigenvalue weighted by Crippen LogP contribution is -2.47. The Morgan fingerprint density at radius 3 is 2.72 bits per heavy atom. The van der Waals surface area contributed by atoms with Crippen LogP contribution >= 0.6 is 11.3 Å². The first-order valence-electron chi connectivity index (χ1n) is 6.69. The van der Waals surface area contributed by atoms with Crippen molar-refractivity contribution in [1.82, 2.24) is 20.3 Å². The van der Waals surface area contributed by atoms with E-state index in [0.29, 0.717) is 16.1 Å². The summed E-state index contributed by atoms with van der Waals surface area (Å²) in [6.07, 6.45) is 0. The largest absolute Gasteiger partial charge is 0.472 e. The first-order chi connectivity index (χ1) is 12.1. The van der Waals surface area contributed by atoms with Crippen molar-refractivity contribution in [2.24, 2.45) is 10.2 Å². The van der Waals surface area contributed by atoms with E-state index in [4.69, 9.17) is 9.26 Å². The maximum atomic E-state index is 12.3. The molecule has 0 aliphatic carbocycles. The molecule has 2 heterocycles. The van der Waals surface area contributed by atoms with Crippen LogP contribution in [0.1, 0.15) is 5.82 Å². The molecule has 3 aromatic rings. The van der Waals surface area contributed by atoms with E-state index >= 15 is 0 Å². The van der Waals surface area contributed by atoms with Crippen molar-refractivity contribution in [2.45, 2.75) is 6.92 Å². The van der Waals surface area contributed by atoms with Crippen LogP contribution in [-0.4, -0.2) is 27.4 Å². The number of nitrogens with zero attached hydrogens (tertiary/aromatic N) is 6. The average Bonchev–Trinajstić information content (AvgIpc) is 3.22. The minimum Gasteiger partial charge on any atom is -0.472 e. The van der Waals surface area contributed by atoms with E-state index < -0.39 is 10.9 Å². The van der Waals surface area contributed by atoms with Crippen LogP contribution in [0.2, 0.25) is 0 Å². The van der Waals surface area contributed by atoms with Gasteiger partial charge in [-0.25, -0.2) is 5.43 Å². The summed E-state index contributed by atoms with van der Waals surface area (Å²) in [6, 6.07) is 2.39. The molecule has 128 valence electrons. The van der Waals surface area contributed by atoms with E-state index in [1.54, 1.807) is 6.92 Å². The topological polar surface area (TPSA) is 157 Å². The summed E-state index contributed by atoms with van der Waals surface area (Å²) in [4.78, 5) is 28.0. The highest BCUT2D eigenvalue weighted by molar-refractivity contribution is 7.16. The van der Waals surface area contributed by atoms with Crippen LogP contribution in [0.5, 0.6) is 5.19 Å². The van der Waals surface area contributed by atoms with Gasteiger partial charge in [-0.05, 0) is 30.4 Å². The van der Waals surface area contributed by atoms with Gasteiger partial charge >= 0.3 is 6.01 Å². The van der Waals surface area contributed by atoms with Gasteiger partial charge in [-0.15, -0.1) is 5.10 Å². The normalized spacial score (nSPS) is 12.4. The lowest BCUT2D eigenvalue weighted by Gasteiger charge is -1.92. The fourth-order valence-electron chi connectivity index (χ4n) is 1.63. The Morgan fingerprint density at radius 1 is 1.20 bits per heavy atom. The predicted octanol–water partition coefficient (Wildman–Crippen LogP) is -1.31. The van der Waals surface area contributed by atoms with Crippen molar-refractivity contribution in [2.75, 3.05) is 18.0 Å². The highest BCUT2D eigenvalue weighted by Crippen LogP contribution is 2.20. The van der Waals surface area contributed by atoms with Gasteiger partial charge in [-0.3, -0.25) is 15.0 Å². The fraction of sp³-hybridized carbons (Fsp3) is 0.167. The summed E-state index contributed by atoms with van der Waals surface area (Å²) in [5, 5.41) is 18.9. The Balaban J connectivity index is 1.92. The molecule has 0 aliphatic heterocycles. The molecule has 0 amide bonds. The quantitative estimate of drug-likeness (QED) is 0.522. The summed E-state index contributed by atoms with van der Waals surface area (Å²) in [5.41, 5.74) is 3.67. The number of ether oxygens (including phenoxy) is 1. The smallest absolute Gasteiger partial charge is 0.341 e. The fourth-order valence-corrected chi connectivity index (χ4v) is 2.13. The van der Waals surface area contributed by atoms with Gasteiger partial charge in [-0.2, -0.15) is 15.2 Å². The second-order valence-electron chi connectivity index (χ2n) is 4.43. The Morgan fingerprint density at radius 2 is 2.04 bits per heavy atom. The first kappa shape index (κ1) is 16.4. The third kappa shape index (κ3) is 3.72. The summed E-state index contributed by atoms with van der Waals surface area (Å²) in [5.74, 6) is 0.378. The molecule has 3 rings (SSSR count). The molecule has 25 heavy (non-hydrogen) atoms. The van der Waals surface area contributed by atoms with Crippen LogP contribution in [-0.2, 0) is 0 Å². The van der Waals surface area contributed by atoms with Crippen molar-refractivity contribution in [3.63, 3.8) is 0 Å². The molecule has 0 atom stereocenters. The summed E-state index contributed by atoms with van der Waals surface area (Å²) in [6.45, 7) is 1.61. The zero-order chi connectivity index (χ0) is 17.8. The van der Waals surface area contributed by atoms with E-state index in [1.165, 1.54) is 19.2 Å². The minimum absolute atomic E-state index is 0.0315. The molecule has 0 radical (unpaired) electrons. The van der Waals surface area contributed by atoms with Crippen LogP contribution in [0, 0.1) is 6.92 Å². The number of aryl methyl sites for hydroxylation is 1. The number of aromatic nitrogens is 4. The molecule has 0 spiro atoms. The van der Waals surface area contributed by atoms with Crippen LogP contribution < -0.4 is 37.2 Å². The summed E-state index contributed by atoms with van der Waals surface area (Å²) in [7, 11) is 1.45. The molecule has 2 N–H and O–H groups in total. The van der Waals surface area contributed by atoms with E-state index in [1.807, 2.05) is 0 Å². The van der Waals surface area contributed by atoms with Gasteiger partial charge in [0.1, 0.15) is 5.36 Å². The van der Waals surface area contributed by atoms with Gasteiger partial charge in [0, 0.05) is 0 Å². The number of anilines is 2. The Kier molecular flexibility index (Phi) is 4.56. The molecular weight excluding hydrogens is 352 g/mol. The Labute approximate surface area is 142 Å². The zero-order valence-electron chi connectivity index (χ0n) is 12.9. The highest BCUT2D eigenvalue weighted by Gasteiger charge is 2.05. The molecule has 0 bridgehead atoms. The van der Waals surface area contributed by atoms with Crippen molar-refractivity contribution in [3.8, 4) is 5.19 Å². The SMILES string of the molecule is COc1nnc(NN=c2ccc(=O)c(=NNc3nc(C)no3)c2=O)s1. The zero-order valence-corrected chi connectivity index (χ0v) is 13.7. The molecule has 0 saturated carbocycles. The van der Waals surface area contributed by atoms with Crippen molar-refractivity contribution < 1.29 is 9.26 Å². The number of benzene rings is 1. The van der Waals surface area contributed by atoms with Crippen LogP contribution in [0.4, 0.5) is 11.1 Å². The third-order valence-electron chi connectivity index (χ3n) is 2.72. The number of hydrogen-bond donors (Lipinski definition) is 2. The number of methoxy groups -OCH3 is 1. The highest BCUT2D eigenvalue weighted by atomic mass is 32.1. The van der Waals surface area contributed by atoms with E-state index in [2.05, 4.69) is 41.4 Å². The molecule has 2 aromatic heterocycles. The summed E-state index contributed by atoms with van der Waals surface area (Å²) < 4.78 is 9.68. The Bertz CT molecular complexity index is 1110. The van der Waals surface area contributed by atoms with Gasteiger partial charge in [0.15, 0.2) is 11.2 Å². The lowest BCUT2D eigenvalue weighted by molar-refractivity contribution is 0.407. The molecule has 0 fully saturated rings. The molecule has 12 nitrogen and oxygen atoms in total. The number of nitrogens with one attached hydrogen (secondary N) is 2. The van der Waals surface area contributed by atoms with Crippen LogP contribution in [0.25, 0.3) is 0 Å². The maximum absolute atomic E-state index is 12.3. The molecule has 0 saturated heterocycles. The molecule has 13 heteroatoms. The molecule has 0 aliphatic rings. The van der Waals surface area contributed by atoms with E-state index in [9.17, 15) is 9.59 Å². The second-order valence-corrected chi connectivity index (χ2v) is 5.37. The van der Waals surface area contributed by atoms with Gasteiger partial charge in [-0.1, -0.05) is 10.3 Å². The first-order valence-corrected chi connectivity index (χ1v) is 7.51. The van der Waals surface area contributed by atoms with Crippen molar-refractivity contribution in [1.29, 1.82) is 0 Å². The molecular formula is C12H10N8O4S. The minimum atomic E-state index is -0.680. The van der Waals surface area contributed by atoms with E-state index in [0.717, 1.165) is 11.3 Å². The van der Waals surface area contributed by atoms with Crippen LogP contribution in [0.3, 0.4) is 0 Å². The molecule has 0 unspecified atom stereocenters. The third-order valence-corrected chi connectivity index (χ3v) is 3.51. The standard InChI is InChI=1S/C12H10N8O4S/c1-5-13-10(24-20-5)16-15-8-7(21)4-3-6(9(8)22)14-17-11-18-19-12(23-2)25-11/h3-4H,1-2H3,(H,17,18)(H,13,16,20). The van der Waals surface area contributed by atoms with Crippen molar-refractivity contribution >= 4 is 22.5 Å². The predicted molar refractivity (Wildman–Crippen MR) is 85.2 cm³/mol. The van der Waals surface area contributed by atoms with Gasteiger partial charge in [0.05, 0.1) is 7.11 Å². The Hall–Kier alpha value is -3.48. The van der Waals surface area contributed by atoms with Gasteiger partial charge in [0.2, 0.25) is 16.0 Å². The number of rotatable bonds is 5.